The highest BCUT2D eigenvalue weighted by molar-refractivity contribution is 7.91. The van der Waals surface area contributed by atoms with Crippen LogP contribution >= 0.6 is 0 Å². The van der Waals surface area contributed by atoms with Crippen LogP contribution in [0.5, 0.6) is 0 Å². The van der Waals surface area contributed by atoms with Crippen LogP contribution in [0.15, 0.2) is 58.3 Å². The summed E-state index contributed by atoms with van der Waals surface area (Å²) in [5, 5.41) is 9.09. The largest absolute Gasteiger partial charge is 0.399 e. The molecule has 0 amide bonds. The van der Waals surface area contributed by atoms with Gasteiger partial charge in [-0.2, -0.15) is 0 Å². The molecule has 1 aliphatic rings. The number of carbonyl (C=O) groups excluding carboxylic acids is 1. The molecule has 4 rings (SSSR count). The predicted octanol–water partition coefficient (Wildman–Crippen LogP) is 4.72. The van der Waals surface area contributed by atoms with E-state index in [0.717, 1.165) is 18.4 Å². The van der Waals surface area contributed by atoms with Gasteiger partial charge in [0.05, 0.1) is 21.2 Å². The zero-order valence-electron chi connectivity index (χ0n) is 19.3. The van der Waals surface area contributed by atoms with Crippen molar-refractivity contribution in [2.24, 2.45) is 0 Å². The molecular weight excluding hydrogens is 450 g/mol. The van der Waals surface area contributed by atoms with E-state index >= 15 is 0 Å². The zero-order chi connectivity index (χ0) is 24.7. The summed E-state index contributed by atoms with van der Waals surface area (Å²) in [5.74, 6) is -1.06. The average Bonchev–Trinajstić information content (AvgIpc) is 2.78. The average molecular weight is 476 g/mol. The van der Waals surface area contributed by atoms with Crippen molar-refractivity contribution in [1.29, 1.82) is 5.26 Å². The summed E-state index contributed by atoms with van der Waals surface area (Å²) in [7, 11) is -4.22. The fourth-order valence-corrected chi connectivity index (χ4v) is 6.27. The molecule has 0 saturated carbocycles. The number of nitrogens with zero attached hydrogens (tertiary/aromatic N) is 2. The summed E-state index contributed by atoms with van der Waals surface area (Å²) < 4.78 is 32.8. The molecule has 3 aromatic rings. The van der Waals surface area contributed by atoms with Gasteiger partial charge in [0, 0.05) is 16.7 Å². The number of nitrogens with two attached hydrogens (primary N) is 1. The van der Waals surface area contributed by atoms with E-state index in [9.17, 15) is 13.2 Å². The Labute approximate surface area is 199 Å². The van der Waals surface area contributed by atoms with E-state index in [-0.39, 0.29) is 26.7 Å². The van der Waals surface area contributed by atoms with Crippen LogP contribution in [0.3, 0.4) is 0 Å². The molecule has 0 aliphatic heterocycles. The van der Waals surface area contributed by atoms with Crippen molar-refractivity contribution in [2.75, 3.05) is 5.73 Å². The van der Waals surface area contributed by atoms with Crippen LogP contribution in [0.2, 0.25) is 0 Å². The normalized spacial score (nSPS) is 14.6. The Morgan fingerprint density at radius 2 is 1.88 bits per heavy atom. The van der Waals surface area contributed by atoms with E-state index < -0.39 is 21.2 Å². The lowest BCUT2D eigenvalue weighted by Crippen LogP contribution is -2.29. The van der Waals surface area contributed by atoms with Crippen LogP contribution in [-0.2, 0) is 26.4 Å². The lowest BCUT2D eigenvalue weighted by atomic mass is 9.75. The standard InChI is InChI=1S/C26H25N3O4S/c1-16-9-11-17(12-10-16)22-21(25(30)33-15-27)23(20-8-5-13-26(2,3)24(20)29-22)34(31,32)19-7-4-6-18(28)14-19/h4,6-7,9-12,14H,5,8,13,28H2,1-3H3. The van der Waals surface area contributed by atoms with Gasteiger partial charge in [-0.05, 0) is 49.9 Å². The number of carbonyl (C=O) groups is 1. The molecular formula is C26H25N3O4S. The van der Waals surface area contributed by atoms with Crippen molar-refractivity contribution in [3.8, 4) is 17.5 Å². The SMILES string of the molecule is Cc1ccc(-c2nc3c(c(S(=O)(=O)c4cccc(N)c4)c2C(=O)OC#N)CCCC3(C)C)cc1. The number of nitriles is 1. The number of anilines is 1. The van der Waals surface area contributed by atoms with Crippen LogP contribution < -0.4 is 5.73 Å². The summed E-state index contributed by atoms with van der Waals surface area (Å²) >= 11 is 0. The van der Waals surface area contributed by atoms with Crippen molar-refractivity contribution in [3.05, 3.63) is 70.9 Å². The van der Waals surface area contributed by atoms with E-state index in [1.807, 2.05) is 32.9 Å². The molecule has 0 unspecified atom stereocenters. The molecule has 8 heteroatoms. The molecule has 7 nitrogen and oxygen atoms in total. The number of hydrogen-bond acceptors (Lipinski definition) is 7. The Hall–Kier alpha value is -3.70. The van der Waals surface area contributed by atoms with Crippen molar-refractivity contribution >= 4 is 21.5 Å². The highest BCUT2D eigenvalue weighted by Crippen LogP contribution is 2.44. The Morgan fingerprint density at radius 1 is 1.18 bits per heavy atom. The van der Waals surface area contributed by atoms with E-state index in [2.05, 4.69) is 4.74 Å². The summed E-state index contributed by atoms with van der Waals surface area (Å²) in [5.41, 5.74) is 8.37. The number of pyridine rings is 1. The van der Waals surface area contributed by atoms with Gasteiger partial charge in [-0.25, -0.2) is 13.2 Å². The van der Waals surface area contributed by atoms with Crippen molar-refractivity contribution < 1.29 is 17.9 Å². The summed E-state index contributed by atoms with van der Waals surface area (Å²) in [6.07, 6.45) is 3.37. The highest BCUT2D eigenvalue weighted by atomic mass is 32.2. The van der Waals surface area contributed by atoms with Gasteiger partial charge < -0.3 is 10.5 Å². The number of esters is 1. The molecule has 0 atom stereocenters. The third kappa shape index (κ3) is 4.03. The fraction of sp³-hybridized carbons (Fsp3) is 0.269. The topological polar surface area (TPSA) is 123 Å². The number of benzene rings is 2. The van der Waals surface area contributed by atoms with Gasteiger partial charge in [0.2, 0.25) is 9.84 Å². The number of aromatic nitrogens is 1. The summed E-state index contributed by atoms with van der Waals surface area (Å²) in [6, 6.07) is 13.2. The first kappa shape index (κ1) is 23.5. The first-order valence-corrected chi connectivity index (χ1v) is 12.4. The van der Waals surface area contributed by atoms with E-state index in [0.29, 0.717) is 23.2 Å². The van der Waals surface area contributed by atoms with Crippen molar-refractivity contribution in [2.45, 2.75) is 55.2 Å². The van der Waals surface area contributed by atoms with Crippen LogP contribution in [0.4, 0.5) is 5.69 Å². The molecule has 1 aromatic heterocycles. The lowest BCUT2D eigenvalue weighted by Gasteiger charge is -2.33. The zero-order valence-corrected chi connectivity index (χ0v) is 20.1. The lowest BCUT2D eigenvalue weighted by molar-refractivity contribution is 0.0681. The van der Waals surface area contributed by atoms with Gasteiger partial charge in [0.25, 0.3) is 6.26 Å². The second-order valence-corrected chi connectivity index (χ2v) is 11.0. The predicted molar refractivity (Wildman–Crippen MR) is 128 cm³/mol. The number of aryl methyl sites for hydroxylation is 1. The minimum absolute atomic E-state index is 0.0369. The van der Waals surface area contributed by atoms with Gasteiger partial charge in [-0.15, -0.1) is 5.26 Å². The molecule has 2 aromatic carbocycles. The number of rotatable bonds is 4. The third-order valence-electron chi connectivity index (χ3n) is 6.22. The fourth-order valence-electron chi connectivity index (χ4n) is 4.52. The molecule has 0 spiro atoms. The Kier molecular flexibility index (Phi) is 5.92. The van der Waals surface area contributed by atoms with Crippen LogP contribution in [0.1, 0.15) is 53.9 Å². The first-order valence-electron chi connectivity index (χ1n) is 10.9. The Balaban J connectivity index is 2.18. The smallest absolute Gasteiger partial charge is 0.357 e. The van der Waals surface area contributed by atoms with Gasteiger partial charge in [0.15, 0.2) is 0 Å². The number of hydrogen-bond donors (Lipinski definition) is 1. The molecule has 0 saturated heterocycles. The highest BCUT2D eigenvalue weighted by Gasteiger charge is 2.39. The van der Waals surface area contributed by atoms with Crippen molar-refractivity contribution in [1.82, 2.24) is 4.98 Å². The van der Waals surface area contributed by atoms with Crippen LogP contribution in [-0.4, -0.2) is 19.4 Å². The third-order valence-corrected chi connectivity index (χ3v) is 8.08. The van der Waals surface area contributed by atoms with Crippen molar-refractivity contribution in [3.63, 3.8) is 0 Å². The number of ether oxygens (including phenoxy) is 1. The Bertz CT molecular complexity index is 1440. The first-order chi connectivity index (χ1) is 16.1. The quantitative estimate of drug-likeness (QED) is 0.329. The maximum atomic E-state index is 14.1. The summed E-state index contributed by atoms with van der Waals surface area (Å²) in [4.78, 5) is 17.8. The van der Waals surface area contributed by atoms with Crippen LogP contribution in [0, 0.1) is 18.4 Å². The maximum Gasteiger partial charge on any atom is 0.357 e. The second kappa shape index (κ2) is 8.58. The minimum Gasteiger partial charge on any atom is -0.399 e. The maximum absolute atomic E-state index is 14.1. The van der Waals surface area contributed by atoms with E-state index in [1.165, 1.54) is 18.4 Å². The van der Waals surface area contributed by atoms with Crippen LogP contribution in [0.25, 0.3) is 11.3 Å². The molecule has 0 bridgehead atoms. The number of nitrogen functional groups attached to an aromatic ring is 1. The number of fused-ring (bicyclic) bond motifs is 1. The molecule has 0 fully saturated rings. The van der Waals surface area contributed by atoms with Gasteiger partial charge >= 0.3 is 5.97 Å². The van der Waals surface area contributed by atoms with Gasteiger partial charge in [-0.1, -0.05) is 49.7 Å². The monoisotopic (exact) mass is 475 g/mol. The van der Waals surface area contributed by atoms with E-state index in [1.54, 1.807) is 24.3 Å². The van der Waals surface area contributed by atoms with Gasteiger partial charge in [-0.3, -0.25) is 4.98 Å². The van der Waals surface area contributed by atoms with Gasteiger partial charge in [0.1, 0.15) is 5.56 Å². The molecule has 174 valence electrons. The molecule has 1 aliphatic carbocycles. The molecule has 34 heavy (non-hydrogen) atoms. The molecule has 0 radical (unpaired) electrons. The summed E-state index contributed by atoms with van der Waals surface area (Å²) in [6.45, 7) is 5.95. The molecule has 2 N–H and O–H groups in total. The molecule has 1 heterocycles. The van der Waals surface area contributed by atoms with E-state index in [4.69, 9.17) is 16.0 Å². The minimum atomic E-state index is -4.22. The Morgan fingerprint density at radius 3 is 2.53 bits per heavy atom. The second-order valence-electron chi connectivity index (χ2n) is 9.15. The number of sulfone groups is 1.